The first kappa shape index (κ1) is 18.3. The minimum Gasteiger partial charge on any atom is -0.450 e. The Balaban J connectivity index is 1.65. The number of thiazole rings is 1. The number of benzene rings is 3. The molecule has 6 rings (SSSR count). The average Bonchev–Trinajstić information content (AvgIpc) is 3.33. The summed E-state index contributed by atoms with van der Waals surface area (Å²) < 4.78 is 6.92. The molecule has 2 aromatic heterocycles. The van der Waals surface area contributed by atoms with Gasteiger partial charge >= 0.3 is 0 Å². The van der Waals surface area contributed by atoms with Crippen LogP contribution < -0.4 is 10.3 Å². The molecule has 0 bridgehead atoms. The molecule has 1 aliphatic rings. The number of aromatic nitrogens is 1. The van der Waals surface area contributed by atoms with E-state index in [0.29, 0.717) is 26.7 Å². The lowest BCUT2D eigenvalue weighted by Gasteiger charge is -2.22. The maximum Gasteiger partial charge on any atom is 0.297 e. The van der Waals surface area contributed by atoms with E-state index in [-0.39, 0.29) is 17.1 Å². The second kappa shape index (κ2) is 6.77. The molecule has 0 radical (unpaired) electrons. The fraction of sp³-hybridized carbons (Fsp3) is 0.0417. The molecule has 0 N–H and O–H groups in total. The van der Waals surface area contributed by atoms with Crippen LogP contribution >= 0.6 is 22.9 Å². The van der Waals surface area contributed by atoms with Gasteiger partial charge in [-0.2, -0.15) is 0 Å². The minimum absolute atomic E-state index is 0.0582. The summed E-state index contributed by atoms with van der Waals surface area (Å²) >= 11 is 7.50. The van der Waals surface area contributed by atoms with E-state index in [4.69, 9.17) is 16.0 Å². The molecule has 5 aromatic rings. The Kier molecular flexibility index (Phi) is 4.00. The number of amides is 1. The first-order chi connectivity index (χ1) is 15.1. The number of nitrogens with zero attached hydrogens (tertiary/aromatic N) is 2. The molecule has 3 heterocycles. The van der Waals surface area contributed by atoms with Gasteiger partial charge in [-0.05, 0) is 42.0 Å². The summed E-state index contributed by atoms with van der Waals surface area (Å²) in [4.78, 5) is 33.3. The Morgan fingerprint density at radius 2 is 1.68 bits per heavy atom. The van der Waals surface area contributed by atoms with Gasteiger partial charge < -0.3 is 4.42 Å². The van der Waals surface area contributed by atoms with Crippen molar-refractivity contribution in [3.05, 3.63) is 105 Å². The molecule has 5 nitrogen and oxygen atoms in total. The fourth-order valence-corrected chi connectivity index (χ4v) is 5.16. The molecule has 31 heavy (non-hydrogen) atoms. The molecular weight excluding hydrogens is 432 g/mol. The summed E-state index contributed by atoms with van der Waals surface area (Å²) in [6.07, 6.45) is 0. The Morgan fingerprint density at radius 1 is 0.935 bits per heavy atom. The van der Waals surface area contributed by atoms with Crippen molar-refractivity contribution >= 4 is 55.2 Å². The molecule has 0 aliphatic carbocycles. The lowest BCUT2D eigenvalue weighted by atomic mass is 9.99. The van der Waals surface area contributed by atoms with Crippen LogP contribution in [0, 0.1) is 0 Å². The average molecular weight is 445 g/mol. The Labute approximate surface area is 185 Å². The highest BCUT2D eigenvalue weighted by atomic mass is 35.5. The van der Waals surface area contributed by atoms with E-state index in [1.807, 2.05) is 36.4 Å². The number of hydrogen-bond acceptors (Lipinski definition) is 5. The zero-order valence-corrected chi connectivity index (χ0v) is 17.5. The predicted octanol–water partition coefficient (Wildman–Crippen LogP) is 5.81. The summed E-state index contributed by atoms with van der Waals surface area (Å²) in [5, 5.41) is 1.53. The van der Waals surface area contributed by atoms with Crippen molar-refractivity contribution < 1.29 is 9.21 Å². The van der Waals surface area contributed by atoms with Crippen molar-refractivity contribution in [1.29, 1.82) is 0 Å². The van der Waals surface area contributed by atoms with E-state index in [1.165, 1.54) is 11.3 Å². The fourth-order valence-electron chi connectivity index (χ4n) is 4.04. The zero-order valence-electron chi connectivity index (χ0n) is 15.9. The lowest BCUT2D eigenvalue weighted by Crippen LogP contribution is -2.29. The van der Waals surface area contributed by atoms with Gasteiger partial charge in [0.2, 0.25) is 5.76 Å². The summed E-state index contributed by atoms with van der Waals surface area (Å²) in [5.41, 5.74) is 2.06. The van der Waals surface area contributed by atoms with Crippen LogP contribution in [0.4, 0.5) is 5.13 Å². The molecule has 0 unspecified atom stereocenters. The third-order valence-electron chi connectivity index (χ3n) is 5.45. The van der Waals surface area contributed by atoms with Crippen molar-refractivity contribution in [3.8, 4) is 0 Å². The van der Waals surface area contributed by atoms with Crippen LogP contribution in [-0.2, 0) is 0 Å². The van der Waals surface area contributed by atoms with Gasteiger partial charge in [0.1, 0.15) is 5.58 Å². The first-order valence-corrected chi connectivity index (χ1v) is 10.8. The standard InChI is InChI=1S/C24H13ClN2O3S/c25-14-11-9-13(10-12-14)20-19-21(28)15-5-1-3-7-17(15)30-22(19)23(29)27(20)24-26-16-6-2-4-8-18(16)31-24/h1-12,20H/t20-/m1/s1. The SMILES string of the molecule is O=C1c2oc3ccccc3c(=O)c2[C@@H](c2ccc(Cl)cc2)N1c1nc2ccccc2s1. The highest BCUT2D eigenvalue weighted by molar-refractivity contribution is 7.22. The summed E-state index contributed by atoms with van der Waals surface area (Å²) in [7, 11) is 0. The Hall–Kier alpha value is -3.48. The van der Waals surface area contributed by atoms with Crippen LogP contribution in [0.1, 0.15) is 27.7 Å². The van der Waals surface area contributed by atoms with Crippen LogP contribution in [0.15, 0.2) is 82.0 Å². The van der Waals surface area contributed by atoms with Crippen LogP contribution in [0.25, 0.3) is 21.2 Å². The van der Waals surface area contributed by atoms with E-state index >= 15 is 0 Å². The highest BCUT2D eigenvalue weighted by Crippen LogP contribution is 2.43. The molecule has 1 amide bonds. The van der Waals surface area contributed by atoms with Crippen LogP contribution in [-0.4, -0.2) is 10.9 Å². The smallest absolute Gasteiger partial charge is 0.297 e. The number of halogens is 1. The quantitative estimate of drug-likeness (QED) is 0.345. The maximum absolute atomic E-state index is 13.6. The predicted molar refractivity (Wildman–Crippen MR) is 122 cm³/mol. The highest BCUT2D eigenvalue weighted by Gasteiger charge is 2.44. The Morgan fingerprint density at radius 3 is 2.48 bits per heavy atom. The third-order valence-corrected chi connectivity index (χ3v) is 6.74. The largest absolute Gasteiger partial charge is 0.450 e. The molecule has 0 saturated heterocycles. The van der Waals surface area contributed by atoms with Crippen LogP contribution in [0.5, 0.6) is 0 Å². The molecule has 3 aromatic carbocycles. The van der Waals surface area contributed by atoms with Crippen molar-refractivity contribution in [2.24, 2.45) is 0 Å². The maximum atomic E-state index is 13.6. The monoisotopic (exact) mass is 444 g/mol. The molecular formula is C24H13ClN2O3S. The Bertz CT molecular complexity index is 1520. The van der Waals surface area contributed by atoms with E-state index in [1.54, 1.807) is 41.3 Å². The second-order valence-electron chi connectivity index (χ2n) is 7.26. The van der Waals surface area contributed by atoms with Crippen molar-refractivity contribution in [2.45, 2.75) is 6.04 Å². The van der Waals surface area contributed by atoms with Gasteiger partial charge in [-0.25, -0.2) is 4.98 Å². The van der Waals surface area contributed by atoms with Crippen LogP contribution in [0.2, 0.25) is 5.02 Å². The topological polar surface area (TPSA) is 63.4 Å². The summed E-state index contributed by atoms with van der Waals surface area (Å²) in [5.74, 6) is -0.320. The first-order valence-electron chi connectivity index (χ1n) is 9.62. The van der Waals surface area contributed by atoms with Gasteiger partial charge in [0.05, 0.1) is 27.2 Å². The van der Waals surface area contributed by atoms with E-state index in [9.17, 15) is 9.59 Å². The normalized spacial score (nSPS) is 15.7. The number of anilines is 1. The molecule has 1 atom stereocenters. The van der Waals surface area contributed by atoms with Crippen LogP contribution in [0.3, 0.4) is 0 Å². The van der Waals surface area contributed by atoms with Gasteiger partial charge in [0.25, 0.3) is 5.91 Å². The molecule has 0 fully saturated rings. The van der Waals surface area contributed by atoms with Gasteiger partial charge in [-0.1, -0.05) is 59.3 Å². The van der Waals surface area contributed by atoms with Crippen molar-refractivity contribution in [3.63, 3.8) is 0 Å². The second-order valence-corrected chi connectivity index (χ2v) is 8.71. The number of fused-ring (bicyclic) bond motifs is 3. The van der Waals surface area contributed by atoms with E-state index in [2.05, 4.69) is 4.98 Å². The molecule has 0 spiro atoms. The third kappa shape index (κ3) is 2.72. The van der Waals surface area contributed by atoms with Gasteiger partial charge in [-0.15, -0.1) is 0 Å². The van der Waals surface area contributed by atoms with Gasteiger partial charge in [0.15, 0.2) is 10.6 Å². The summed E-state index contributed by atoms with van der Waals surface area (Å²) in [6.45, 7) is 0. The van der Waals surface area contributed by atoms with E-state index in [0.717, 1.165) is 15.8 Å². The lowest BCUT2D eigenvalue weighted by molar-refractivity contribution is 0.0971. The summed E-state index contributed by atoms with van der Waals surface area (Å²) in [6, 6.07) is 21.2. The molecule has 7 heteroatoms. The number of rotatable bonds is 2. The zero-order chi connectivity index (χ0) is 21.1. The van der Waals surface area contributed by atoms with Gasteiger partial charge in [0, 0.05) is 5.02 Å². The number of carbonyl (C=O) groups excluding carboxylic acids is 1. The van der Waals surface area contributed by atoms with Crippen molar-refractivity contribution in [2.75, 3.05) is 4.90 Å². The van der Waals surface area contributed by atoms with E-state index < -0.39 is 6.04 Å². The molecule has 0 saturated carbocycles. The molecule has 150 valence electrons. The number of para-hydroxylation sites is 2. The van der Waals surface area contributed by atoms with Crippen molar-refractivity contribution in [1.82, 2.24) is 4.98 Å². The number of hydrogen-bond donors (Lipinski definition) is 0. The molecule has 1 aliphatic heterocycles. The van der Waals surface area contributed by atoms with Gasteiger partial charge in [-0.3, -0.25) is 14.5 Å². The number of carbonyl (C=O) groups is 1. The minimum atomic E-state index is -0.652.